The highest BCUT2D eigenvalue weighted by Crippen LogP contribution is 2.35. The van der Waals surface area contributed by atoms with Crippen molar-refractivity contribution >= 4 is 5.57 Å². The van der Waals surface area contributed by atoms with Crippen LogP contribution >= 0.6 is 0 Å². The lowest BCUT2D eigenvalue weighted by Gasteiger charge is -2.32. The summed E-state index contributed by atoms with van der Waals surface area (Å²) < 4.78 is 13.9. The second-order valence-electron chi connectivity index (χ2n) is 4.81. The summed E-state index contributed by atoms with van der Waals surface area (Å²) in [5.74, 6) is -0.105. The van der Waals surface area contributed by atoms with Crippen molar-refractivity contribution in [2.45, 2.75) is 32.2 Å². The summed E-state index contributed by atoms with van der Waals surface area (Å²) in [7, 11) is 1.91. The Balaban J connectivity index is 2.56. The van der Waals surface area contributed by atoms with Crippen LogP contribution < -0.4 is 5.32 Å². The largest absolute Gasteiger partial charge is 0.311 e. The average molecular weight is 219 g/mol. The Morgan fingerprint density at radius 2 is 2.06 bits per heavy atom. The van der Waals surface area contributed by atoms with E-state index in [9.17, 15) is 4.39 Å². The Morgan fingerprint density at radius 3 is 2.75 bits per heavy atom. The minimum Gasteiger partial charge on any atom is -0.311 e. The van der Waals surface area contributed by atoms with Crippen LogP contribution in [0.5, 0.6) is 0 Å². The van der Waals surface area contributed by atoms with Crippen molar-refractivity contribution < 1.29 is 4.39 Å². The Hall–Kier alpha value is -1.15. The lowest BCUT2D eigenvalue weighted by Crippen LogP contribution is -2.38. The van der Waals surface area contributed by atoms with Gasteiger partial charge in [0.25, 0.3) is 0 Å². The number of rotatable bonds is 2. The number of aryl methyl sites for hydroxylation is 1. The zero-order valence-electron chi connectivity index (χ0n) is 10.1. The number of nitrogens with one attached hydrogen (secondary N) is 1. The lowest BCUT2D eigenvalue weighted by molar-refractivity contribution is 0.533. The Bertz CT molecular complexity index is 432. The summed E-state index contributed by atoms with van der Waals surface area (Å²) in [6.45, 7) is 4.17. The number of benzene rings is 1. The van der Waals surface area contributed by atoms with Crippen molar-refractivity contribution in [2.24, 2.45) is 0 Å². The van der Waals surface area contributed by atoms with Crippen LogP contribution in [-0.4, -0.2) is 12.6 Å². The second-order valence-corrected chi connectivity index (χ2v) is 4.81. The average Bonchev–Trinajstić information content (AvgIpc) is 2.29. The van der Waals surface area contributed by atoms with Gasteiger partial charge in [0.15, 0.2) is 0 Å². The molecule has 1 nitrogen and oxygen atoms in total. The van der Waals surface area contributed by atoms with Gasteiger partial charge in [-0.25, -0.2) is 4.39 Å². The molecule has 0 saturated carbocycles. The minimum atomic E-state index is -0.183. The summed E-state index contributed by atoms with van der Waals surface area (Å²) in [6.07, 6.45) is 4.09. The summed E-state index contributed by atoms with van der Waals surface area (Å²) in [5, 5.41) is 3.24. The third-order valence-electron chi connectivity index (χ3n) is 3.43. The first kappa shape index (κ1) is 11.3. The van der Waals surface area contributed by atoms with E-state index in [1.54, 1.807) is 12.1 Å². The molecule has 0 radical (unpaired) electrons. The number of halogens is 1. The maximum absolute atomic E-state index is 13.9. The third kappa shape index (κ3) is 1.78. The van der Waals surface area contributed by atoms with Crippen LogP contribution in [-0.2, 0) is 6.42 Å². The van der Waals surface area contributed by atoms with E-state index in [1.165, 1.54) is 0 Å². The van der Waals surface area contributed by atoms with Gasteiger partial charge in [0.1, 0.15) is 5.82 Å². The minimum absolute atomic E-state index is 0.105. The van der Waals surface area contributed by atoms with Crippen molar-refractivity contribution in [1.82, 2.24) is 5.32 Å². The van der Waals surface area contributed by atoms with Gasteiger partial charge in [0.05, 0.1) is 0 Å². The molecular formula is C14H18FN. The van der Waals surface area contributed by atoms with Crippen LogP contribution in [0.3, 0.4) is 0 Å². The molecule has 0 fully saturated rings. The molecule has 1 aromatic rings. The van der Waals surface area contributed by atoms with Gasteiger partial charge in [-0.05, 0) is 50.9 Å². The van der Waals surface area contributed by atoms with Gasteiger partial charge in [-0.1, -0.05) is 18.2 Å². The highest BCUT2D eigenvalue weighted by atomic mass is 19.1. The SMILES string of the molecule is CNC(C)(C)C1=CCCc2cccc(F)c21. The molecule has 1 N–H and O–H groups in total. The van der Waals surface area contributed by atoms with E-state index in [0.717, 1.165) is 29.5 Å². The predicted octanol–water partition coefficient (Wildman–Crippen LogP) is 3.15. The number of hydrogen-bond acceptors (Lipinski definition) is 1. The predicted molar refractivity (Wildman–Crippen MR) is 65.8 cm³/mol. The topological polar surface area (TPSA) is 12.0 Å². The van der Waals surface area contributed by atoms with Crippen LogP contribution in [0.1, 0.15) is 31.4 Å². The molecule has 0 aliphatic heterocycles. The van der Waals surface area contributed by atoms with Gasteiger partial charge in [0.2, 0.25) is 0 Å². The van der Waals surface area contributed by atoms with Crippen LogP contribution in [0.4, 0.5) is 4.39 Å². The number of hydrogen-bond donors (Lipinski definition) is 1. The molecule has 0 bridgehead atoms. The molecule has 0 amide bonds. The van der Waals surface area contributed by atoms with Crippen LogP contribution in [0.2, 0.25) is 0 Å². The zero-order valence-corrected chi connectivity index (χ0v) is 10.1. The smallest absolute Gasteiger partial charge is 0.131 e. The van der Waals surface area contributed by atoms with E-state index in [0.29, 0.717) is 0 Å². The monoisotopic (exact) mass is 219 g/mol. The van der Waals surface area contributed by atoms with Crippen molar-refractivity contribution in [3.63, 3.8) is 0 Å². The van der Waals surface area contributed by atoms with Gasteiger partial charge in [0, 0.05) is 11.1 Å². The highest BCUT2D eigenvalue weighted by Gasteiger charge is 2.27. The maximum atomic E-state index is 13.9. The zero-order chi connectivity index (χ0) is 11.8. The summed E-state index contributed by atoms with van der Waals surface area (Å²) >= 11 is 0. The molecular weight excluding hydrogens is 201 g/mol. The fraction of sp³-hybridized carbons (Fsp3) is 0.429. The van der Waals surface area contributed by atoms with Crippen LogP contribution in [0.15, 0.2) is 24.3 Å². The summed E-state index contributed by atoms with van der Waals surface area (Å²) in [5.41, 5.74) is 2.82. The molecule has 0 saturated heterocycles. The quantitative estimate of drug-likeness (QED) is 0.805. The summed E-state index contributed by atoms with van der Waals surface area (Å²) in [4.78, 5) is 0. The summed E-state index contributed by atoms with van der Waals surface area (Å²) in [6, 6.07) is 5.37. The van der Waals surface area contributed by atoms with Crippen LogP contribution in [0.25, 0.3) is 5.57 Å². The van der Waals surface area contributed by atoms with Crippen molar-refractivity contribution in [3.05, 3.63) is 41.2 Å². The van der Waals surface area contributed by atoms with Gasteiger partial charge in [-0.3, -0.25) is 0 Å². The first-order valence-electron chi connectivity index (χ1n) is 5.73. The standard InChI is InChI=1S/C14H18FN/c1-14(2,16-3)11-8-4-6-10-7-5-9-12(15)13(10)11/h5,7-9,16H,4,6H2,1-3H3. The van der Waals surface area contributed by atoms with Gasteiger partial charge in [-0.2, -0.15) is 0 Å². The molecule has 0 aromatic heterocycles. The maximum Gasteiger partial charge on any atom is 0.131 e. The van der Waals surface area contributed by atoms with Crippen molar-refractivity contribution in [1.29, 1.82) is 0 Å². The molecule has 0 spiro atoms. The van der Waals surface area contributed by atoms with E-state index in [-0.39, 0.29) is 11.4 Å². The fourth-order valence-electron chi connectivity index (χ4n) is 2.26. The molecule has 2 heteroatoms. The van der Waals surface area contributed by atoms with E-state index in [1.807, 2.05) is 13.1 Å². The lowest BCUT2D eigenvalue weighted by atomic mass is 9.80. The van der Waals surface area contributed by atoms with E-state index in [2.05, 4.69) is 25.2 Å². The Kier molecular flexibility index (Phi) is 2.85. The first-order valence-corrected chi connectivity index (χ1v) is 5.73. The van der Waals surface area contributed by atoms with Gasteiger partial charge < -0.3 is 5.32 Å². The first-order chi connectivity index (χ1) is 7.56. The Morgan fingerprint density at radius 1 is 1.31 bits per heavy atom. The fourth-order valence-corrected chi connectivity index (χ4v) is 2.26. The molecule has 86 valence electrons. The van der Waals surface area contributed by atoms with E-state index in [4.69, 9.17) is 0 Å². The van der Waals surface area contributed by atoms with Crippen molar-refractivity contribution in [3.8, 4) is 0 Å². The number of allylic oxidation sites excluding steroid dienone is 1. The van der Waals surface area contributed by atoms with Crippen molar-refractivity contribution in [2.75, 3.05) is 7.05 Å². The van der Waals surface area contributed by atoms with Gasteiger partial charge >= 0.3 is 0 Å². The third-order valence-corrected chi connectivity index (χ3v) is 3.43. The van der Waals surface area contributed by atoms with Gasteiger partial charge in [-0.15, -0.1) is 0 Å². The molecule has 1 aliphatic carbocycles. The number of fused-ring (bicyclic) bond motifs is 1. The molecule has 2 rings (SSSR count). The molecule has 0 heterocycles. The van der Waals surface area contributed by atoms with Crippen LogP contribution in [0, 0.1) is 5.82 Å². The number of likely N-dealkylation sites (N-methyl/N-ethyl adjacent to an activating group) is 1. The van der Waals surface area contributed by atoms with E-state index < -0.39 is 0 Å². The second kappa shape index (κ2) is 4.02. The molecule has 0 unspecified atom stereocenters. The Labute approximate surface area is 96.4 Å². The molecule has 0 atom stereocenters. The van der Waals surface area contributed by atoms with E-state index >= 15 is 0 Å². The molecule has 1 aromatic carbocycles. The molecule has 16 heavy (non-hydrogen) atoms. The normalized spacial score (nSPS) is 15.6. The highest BCUT2D eigenvalue weighted by molar-refractivity contribution is 5.76. The molecule has 1 aliphatic rings.